The summed E-state index contributed by atoms with van der Waals surface area (Å²) >= 11 is 0. The Kier molecular flexibility index (Phi) is 2.31. The van der Waals surface area contributed by atoms with Crippen LogP contribution in [0, 0.1) is 11.5 Å². The summed E-state index contributed by atoms with van der Waals surface area (Å²) in [5.74, 6) is 0. The van der Waals surface area contributed by atoms with Crippen LogP contribution in [-0.2, 0) is 0 Å². The molecule has 3 rings (SSSR count). The Hall–Kier alpha value is -2.27. The maximum Gasteiger partial charge on any atom is 0.189 e. The summed E-state index contributed by atoms with van der Waals surface area (Å²) in [5.41, 5.74) is 4.56. The lowest BCUT2D eigenvalue weighted by molar-refractivity contribution is 0.812. The second-order valence-corrected chi connectivity index (χ2v) is 4.16. The maximum atomic E-state index is 9.13. The Balaban J connectivity index is 1.98. The molecule has 0 bridgehead atoms. The van der Waals surface area contributed by atoms with E-state index < -0.39 is 0 Å². The second-order valence-electron chi connectivity index (χ2n) is 4.16. The van der Waals surface area contributed by atoms with Gasteiger partial charge in [-0.1, -0.05) is 48.6 Å². The van der Waals surface area contributed by atoms with Crippen molar-refractivity contribution in [1.82, 2.24) is 4.90 Å². The third kappa shape index (κ3) is 1.66. The molecule has 0 atom stereocenters. The molecule has 2 heteroatoms. The predicted octanol–water partition coefficient (Wildman–Crippen LogP) is 3.43. The molecule has 82 valence electrons. The monoisotopic (exact) mass is 220 g/mol. The molecule has 1 aromatic rings. The molecule has 1 aliphatic carbocycles. The fourth-order valence-corrected chi connectivity index (χ4v) is 2.22. The molecule has 0 unspecified atom stereocenters. The van der Waals surface area contributed by atoms with Crippen LogP contribution in [0.1, 0.15) is 18.4 Å². The van der Waals surface area contributed by atoms with Gasteiger partial charge in [-0.15, -0.1) is 0 Å². The average Bonchev–Trinajstić information content (AvgIpc) is 3.15. The molecular weight excluding hydrogens is 208 g/mol. The number of nitriles is 1. The molecule has 1 heterocycles. The maximum absolute atomic E-state index is 9.13. The Morgan fingerprint density at radius 3 is 2.59 bits per heavy atom. The number of rotatable bonds is 2. The van der Waals surface area contributed by atoms with E-state index in [9.17, 15) is 0 Å². The van der Waals surface area contributed by atoms with E-state index in [0.29, 0.717) is 0 Å². The largest absolute Gasteiger partial charge is 0.243 e. The van der Waals surface area contributed by atoms with Gasteiger partial charge >= 0.3 is 0 Å². The number of hydrogen-bond acceptors (Lipinski definition) is 2. The number of benzene rings is 1. The standard InChI is InChI=1S/C15H12N2/c16-11-17-14(12-7-3-1-4-8-12)15(17)13-9-5-2-6-10-13/h1-5,7-9H,6,10H2. The van der Waals surface area contributed by atoms with Gasteiger partial charge in [0.1, 0.15) is 0 Å². The van der Waals surface area contributed by atoms with Crippen LogP contribution in [0.3, 0.4) is 0 Å². The van der Waals surface area contributed by atoms with Crippen LogP contribution in [0.25, 0.3) is 5.70 Å². The molecule has 0 saturated carbocycles. The van der Waals surface area contributed by atoms with Crippen molar-refractivity contribution in [2.75, 3.05) is 0 Å². The Bertz CT molecular complexity index is 571. The van der Waals surface area contributed by atoms with Gasteiger partial charge in [0.05, 0.1) is 11.4 Å². The Morgan fingerprint density at radius 1 is 1.12 bits per heavy atom. The van der Waals surface area contributed by atoms with Gasteiger partial charge in [-0.05, 0) is 18.4 Å². The molecule has 1 aromatic carbocycles. The fourth-order valence-electron chi connectivity index (χ4n) is 2.22. The molecule has 0 aromatic heterocycles. The number of hydrogen-bond donors (Lipinski definition) is 0. The average molecular weight is 220 g/mol. The van der Waals surface area contributed by atoms with Crippen LogP contribution in [0.15, 0.2) is 59.8 Å². The molecule has 0 spiro atoms. The summed E-state index contributed by atoms with van der Waals surface area (Å²) in [6.07, 6.45) is 10.7. The molecular formula is C15H12N2. The van der Waals surface area contributed by atoms with Crippen molar-refractivity contribution < 1.29 is 0 Å². The lowest BCUT2D eigenvalue weighted by Gasteiger charge is -2.03. The summed E-state index contributed by atoms with van der Waals surface area (Å²) in [6.45, 7) is 0. The molecule has 0 radical (unpaired) electrons. The van der Waals surface area contributed by atoms with Crippen molar-refractivity contribution in [1.29, 1.82) is 5.26 Å². The summed E-state index contributed by atoms with van der Waals surface area (Å²) < 4.78 is 0. The van der Waals surface area contributed by atoms with E-state index in [1.165, 1.54) is 5.57 Å². The minimum Gasteiger partial charge on any atom is -0.243 e. The van der Waals surface area contributed by atoms with Gasteiger partial charge in [0.25, 0.3) is 0 Å². The highest BCUT2D eigenvalue weighted by atomic mass is 15.3. The van der Waals surface area contributed by atoms with E-state index in [-0.39, 0.29) is 0 Å². The van der Waals surface area contributed by atoms with Crippen molar-refractivity contribution in [2.45, 2.75) is 12.8 Å². The minimum absolute atomic E-state index is 1.03. The zero-order chi connectivity index (χ0) is 11.7. The van der Waals surface area contributed by atoms with Gasteiger partial charge in [0, 0.05) is 5.56 Å². The molecule has 2 nitrogen and oxygen atoms in total. The van der Waals surface area contributed by atoms with E-state index in [1.807, 2.05) is 30.3 Å². The van der Waals surface area contributed by atoms with Crippen LogP contribution in [0.5, 0.6) is 0 Å². The van der Waals surface area contributed by atoms with Crippen molar-refractivity contribution in [2.24, 2.45) is 0 Å². The minimum atomic E-state index is 1.03. The Morgan fingerprint density at radius 2 is 1.94 bits per heavy atom. The first-order chi connectivity index (χ1) is 8.42. The van der Waals surface area contributed by atoms with Crippen LogP contribution in [0.2, 0.25) is 0 Å². The highest BCUT2D eigenvalue weighted by Gasteiger charge is 2.36. The molecule has 1 aliphatic heterocycles. The zero-order valence-electron chi connectivity index (χ0n) is 9.43. The van der Waals surface area contributed by atoms with Crippen molar-refractivity contribution >= 4 is 5.70 Å². The van der Waals surface area contributed by atoms with Gasteiger partial charge in [-0.25, -0.2) is 4.90 Å². The summed E-state index contributed by atoms with van der Waals surface area (Å²) in [7, 11) is 0. The SMILES string of the molecule is N#CN1C(C2=CC=CCC2)=C1c1ccccc1. The van der Waals surface area contributed by atoms with E-state index in [4.69, 9.17) is 5.26 Å². The number of nitrogens with zero attached hydrogens (tertiary/aromatic N) is 2. The third-order valence-corrected chi connectivity index (χ3v) is 3.09. The van der Waals surface area contributed by atoms with Gasteiger partial charge in [0.15, 0.2) is 6.19 Å². The van der Waals surface area contributed by atoms with Crippen molar-refractivity contribution in [3.63, 3.8) is 0 Å². The van der Waals surface area contributed by atoms with Crippen LogP contribution in [-0.4, -0.2) is 4.90 Å². The van der Waals surface area contributed by atoms with Gasteiger partial charge in [-0.2, -0.15) is 5.26 Å². The highest BCUT2D eigenvalue weighted by Crippen LogP contribution is 2.45. The first-order valence-electron chi connectivity index (χ1n) is 5.77. The molecule has 0 saturated heterocycles. The molecule has 2 aliphatic rings. The topological polar surface area (TPSA) is 26.8 Å². The van der Waals surface area contributed by atoms with Crippen LogP contribution in [0.4, 0.5) is 0 Å². The lowest BCUT2D eigenvalue weighted by Crippen LogP contribution is -1.94. The van der Waals surface area contributed by atoms with Crippen LogP contribution >= 0.6 is 0 Å². The van der Waals surface area contributed by atoms with E-state index in [2.05, 4.69) is 24.4 Å². The highest BCUT2D eigenvalue weighted by molar-refractivity contribution is 5.85. The smallest absolute Gasteiger partial charge is 0.189 e. The Labute approximate surface area is 101 Å². The van der Waals surface area contributed by atoms with E-state index >= 15 is 0 Å². The van der Waals surface area contributed by atoms with E-state index in [0.717, 1.165) is 29.8 Å². The second kappa shape index (κ2) is 3.95. The summed E-state index contributed by atoms with van der Waals surface area (Å²) in [6, 6.07) is 10.1. The summed E-state index contributed by atoms with van der Waals surface area (Å²) in [4.78, 5) is 1.72. The normalized spacial score (nSPS) is 17.8. The van der Waals surface area contributed by atoms with Gasteiger partial charge in [-0.3, -0.25) is 0 Å². The van der Waals surface area contributed by atoms with Gasteiger partial charge in [0.2, 0.25) is 0 Å². The van der Waals surface area contributed by atoms with Crippen molar-refractivity contribution in [3.8, 4) is 6.19 Å². The van der Waals surface area contributed by atoms with Crippen molar-refractivity contribution in [3.05, 3.63) is 65.4 Å². The summed E-state index contributed by atoms with van der Waals surface area (Å²) in [5, 5.41) is 9.13. The first-order valence-corrected chi connectivity index (χ1v) is 5.77. The molecule has 0 fully saturated rings. The molecule has 0 amide bonds. The first kappa shape index (κ1) is 9.92. The molecule has 17 heavy (non-hydrogen) atoms. The predicted molar refractivity (Wildman–Crippen MR) is 67.3 cm³/mol. The van der Waals surface area contributed by atoms with Crippen LogP contribution < -0.4 is 0 Å². The quantitative estimate of drug-likeness (QED) is 0.714. The zero-order valence-corrected chi connectivity index (χ0v) is 9.43. The third-order valence-electron chi connectivity index (χ3n) is 3.09. The molecule has 0 N–H and O–H groups in total. The van der Waals surface area contributed by atoms with E-state index in [1.54, 1.807) is 4.90 Å². The number of allylic oxidation sites excluding steroid dienone is 4. The van der Waals surface area contributed by atoms with Gasteiger partial charge < -0.3 is 0 Å². The lowest BCUT2D eigenvalue weighted by atomic mass is 10.0. The fraction of sp³-hybridized carbons (Fsp3) is 0.133.